The standard InChI is InChI=1S/C19H21N5O2S/c1-26-16-6-3-2-5-14(16)15-13-27-18(22-15)23-17(25)19(7-10-20-11-8-19)24-12-4-9-21-24/h2-6,9,12-13,20H,7-8,10-11H2,1H3,(H,22,23,25). The number of aromatic nitrogens is 3. The molecule has 140 valence electrons. The SMILES string of the molecule is COc1ccccc1-c1csc(NC(=O)C2(n3cccn3)CCNCC2)n1. The van der Waals surface area contributed by atoms with Crippen LogP contribution in [-0.2, 0) is 10.3 Å². The molecule has 1 fully saturated rings. The summed E-state index contributed by atoms with van der Waals surface area (Å²) >= 11 is 1.41. The van der Waals surface area contributed by atoms with Gasteiger partial charge in [0.2, 0.25) is 0 Å². The van der Waals surface area contributed by atoms with Gasteiger partial charge in [0.1, 0.15) is 11.3 Å². The molecule has 0 spiro atoms. The monoisotopic (exact) mass is 383 g/mol. The predicted molar refractivity (Wildman–Crippen MR) is 105 cm³/mol. The summed E-state index contributed by atoms with van der Waals surface area (Å²) in [5.74, 6) is 0.681. The molecule has 1 amide bonds. The van der Waals surface area contributed by atoms with Gasteiger partial charge in [-0.3, -0.25) is 14.8 Å². The van der Waals surface area contributed by atoms with Crippen LogP contribution in [0.5, 0.6) is 5.75 Å². The van der Waals surface area contributed by atoms with Crippen LogP contribution in [0.1, 0.15) is 12.8 Å². The van der Waals surface area contributed by atoms with Gasteiger partial charge >= 0.3 is 0 Å². The third kappa shape index (κ3) is 3.33. The van der Waals surface area contributed by atoms with Crippen molar-refractivity contribution in [3.63, 3.8) is 0 Å². The van der Waals surface area contributed by atoms with Gasteiger partial charge in [-0.05, 0) is 44.1 Å². The highest BCUT2D eigenvalue weighted by atomic mass is 32.1. The number of hydrogen-bond acceptors (Lipinski definition) is 6. The second kappa shape index (κ2) is 7.50. The molecule has 0 saturated carbocycles. The first-order valence-electron chi connectivity index (χ1n) is 8.84. The lowest BCUT2D eigenvalue weighted by Crippen LogP contribution is -2.52. The minimum Gasteiger partial charge on any atom is -0.496 e. The fourth-order valence-electron chi connectivity index (χ4n) is 3.45. The van der Waals surface area contributed by atoms with Crippen LogP contribution < -0.4 is 15.4 Å². The number of ether oxygens (including phenoxy) is 1. The Bertz CT molecular complexity index is 916. The van der Waals surface area contributed by atoms with Crippen molar-refractivity contribution in [3.8, 4) is 17.0 Å². The molecule has 3 heterocycles. The van der Waals surface area contributed by atoms with E-state index in [1.54, 1.807) is 18.0 Å². The van der Waals surface area contributed by atoms with Crippen molar-refractivity contribution in [3.05, 3.63) is 48.1 Å². The number of carbonyl (C=O) groups is 1. The molecule has 0 radical (unpaired) electrons. The molecular formula is C19H21N5O2S. The fourth-order valence-corrected chi connectivity index (χ4v) is 4.15. The van der Waals surface area contributed by atoms with Gasteiger partial charge < -0.3 is 10.1 Å². The van der Waals surface area contributed by atoms with Crippen LogP contribution in [0.3, 0.4) is 0 Å². The van der Waals surface area contributed by atoms with Crippen LogP contribution in [0.15, 0.2) is 48.1 Å². The van der Waals surface area contributed by atoms with E-state index >= 15 is 0 Å². The number of nitrogens with zero attached hydrogens (tertiary/aromatic N) is 3. The van der Waals surface area contributed by atoms with Crippen LogP contribution >= 0.6 is 11.3 Å². The Kier molecular flexibility index (Phi) is 4.91. The number of carbonyl (C=O) groups excluding carboxylic acids is 1. The molecule has 0 bridgehead atoms. The number of rotatable bonds is 5. The highest BCUT2D eigenvalue weighted by Gasteiger charge is 2.42. The van der Waals surface area contributed by atoms with Gasteiger partial charge in [-0.1, -0.05) is 12.1 Å². The van der Waals surface area contributed by atoms with Crippen molar-refractivity contribution in [1.29, 1.82) is 0 Å². The average molecular weight is 383 g/mol. The number of anilines is 1. The van der Waals surface area contributed by atoms with Crippen LogP contribution in [0.2, 0.25) is 0 Å². The lowest BCUT2D eigenvalue weighted by molar-refractivity contribution is -0.126. The van der Waals surface area contributed by atoms with Crippen molar-refractivity contribution in [1.82, 2.24) is 20.1 Å². The molecule has 27 heavy (non-hydrogen) atoms. The molecule has 4 rings (SSSR count). The Morgan fingerprint density at radius 1 is 1.30 bits per heavy atom. The Hall–Kier alpha value is -2.71. The van der Waals surface area contributed by atoms with E-state index in [4.69, 9.17) is 4.74 Å². The molecule has 7 nitrogen and oxygen atoms in total. The molecule has 0 atom stereocenters. The molecule has 1 aliphatic rings. The van der Waals surface area contributed by atoms with Crippen LogP contribution in [0, 0.1) is 0 Å². The number of amides is 1. The van der Waals surface area contributed by atoms with E-state index in [1.165, 1.54) is 11.3 Å². The Balaban J connectivity index is 1.59. The van der Waals surface area contributed by atoms with Gasteiger partial charge in [-0.2, -0.15) is 5.10 Å². The third-order valence-corrected chi connectivity index (χ3v) is 5.66. The van der Waals surface area contributed by atoms with E-state index in [0.717, 1.165) is 30.1 Å². The summed E-state index contributed by atoms with van der Waals surface area (Å²) in [5, 5.41) is 13.2. The van der Waals surface area contributed by atoms with Gasteiger partial charge in [-0.15, -0.1) is 11.3 Å². The smallest absolute Gasteiger partial charge is 0.254 e. The van der Waals surface area contributed by atoms with E-state index in [-0.39, 0.29) is 5.91 Å². The van der Waals surface area contributed by atoms with Crippen molar-refractivity contribution in [2.24, 2.45) is 0 Å². The minimum absolute atomic E-state index is 0.0753. The molecule has 0 aliphatic carbocycles. The first kappa shape index (κ1) is 17.7. The Morgan fingerprint density at radius 2 is 2.11 bits per heavy atom. The summed E-state index contributed by atoms with van der Waals surface area (Å²) in [5.41, 5.74) is 0.997. The average Bonchev–Trinajstić information content (AvgIpc) is 3.41. The molecule has 2 aromatic heterocycles. The zero-order valence-electron chi connectivity index (χ0n) is 15.0. The largest absolute Gasteiger partial charge is 0.496 e. The number of thiazole rings is 1. The third-order valence-electron chi connectivity index (χ3n) is 4.90. The van der Waals surface area contributed by atoms with Gasteiger partial charge in [0.05, 0.1) is 12.8 Å². The Morgan fingerprint density at radius 3 is 2.85 bits per heavy atom. The predicted octanol–water partition coefficient (Wildman–Crippen LogP) is 2.73. The van der Waals surface area contributed by atoms with Crippen molar-refractivity contribution < 1.29 is 9.53 Å². The maximum absolute atomic E-state index is 13.2. The number of hydrogen-bond donors (Lipinski definition) is 2. The van der Waals surface area contributed by atoms with Gasteiger partial charge in [0.15, 0.2) is 5.13 Å². The molecule has 0 unspecified atom stereocenters. The van der Waals surface area contributed by atoms with E-state index in [9.17, 15) is 4.79 Å². The minimum atomic E-state index is -0.689. The second-order valence-electron chi connectivity index (χ2n) is 6.42. The molecule has 8 heteroatoms. The normalized spacial score (nSPS) is 16.0. The molecule has 1 aliphatic heterocycles. The first-order valence-corrected chi connectivity index (χ1v) is 9.72. The summed E-state index contributed by atoms with van der Waals surface area (Å²) in [6.45, 7) is 1.55. The van der Waals surface area contributed by atoms with E-state index in [2.05, 4.69) is 20.7 Å². The van der Waals surface area contributed by atoms with Gasteiger partial charge in [0.25, 0.3) is 5.91 Å². The van der Waals surface area contributed by atoms with E-state index in [0.29, 0.717) is 18.0 Å². The van der Waals surface area contributed by atoms with Crippen LogP contribution in [0.25, 0.3) is 11.3 Å². The zero-order chi connectivity index (χ0) is 18.7. The lowest BCUT2D eigenvalue weighted by atomic mass is 9.87. The lowest BCUT2D eigenvalue weighted by Gasteiger charge is -2.36. The molecule has 3 aromatic rings. The number of methoxy groups -OCH3 is 1. The summed E-state index contributed by atoms with van der Waals surface area (Å²) < 4.78 is 7.18. The number of para-hydroxylation sites is 1. The quantitative estimate of drug-likeness (QED) is 0.708. The molecule has 2 N–H and O–H groups in total. The van der Waals surface area contributed by atoms with Crippen molar-refractivity contribution in [2.75, 3.05) is 25.5 Å². The van der Waals surface area contributed by atoms with Crippen molar-refractivity contribution in [2.45, 2.75) is 18.4 Å². The van der Waals surface area contributed by atoms with E-state index < -0.39 is 5.54 Å². The first-order chi connectivity index (χ1) is 13.2. The molecule has 1 aromatic carbocycles. The molecule has 1 saturated heterocycles. The summed E-state index contributed by atoms with van der Waals surface area (Å²) in [6.07, 6.45) is 4.93. The summed E-state index contributed by atoms with van der Waals surface area (Å²) in [4.78, 5) is 17.8. The maximum atomic E-state index is 13.2. The topological polar surface area (TPSA) is 81.1 Å². The zero-order valence-corrected chi connectivity index (χ0v) is 15.8. The summed E-state index contributed by atoms with van der Waals surface area (Å²) in [6, 6.07) is 9.56. The second-order valence-corrected chi connectivity index (χ2v) is 7.28. The number of benzene rings is 1. The number of nitrogens with one attached hydrogen (secondary N) is 2. The van der Waals surface area contributed by atoms with Crippen molar-refractivity contribution >= 4 is 22.4 Å². The highest BCUT2D eigenvalue weighted by Crippen LogP contribution is 2.33. The summed E-state index contributed by atoms with van der Waals surface area (Å²) in [7, 11) is 1.64. The highest BCUT2D eigenvalue weighted by molar-refractivity contribution is 7.14. The Labute approximate surface area is 161 Å². The van der Waals surface area contributed by atoms with Crippen LogP contribution in [-0.4, -0.2) is 40.9 Å². The van der Waals surface area contributed by atoms with Crippen LogP contribution in [0.4, 0.5) is 5.13 Å². The maximum Gasteiger partial charge on any atom is 0.254 e. The number of piperidine rings is 1. The van der Waals surface area contributed by atoms with E-state index in [1.807, 2.05) is 41.9 Å². The molecular weight excluding hydrogens is 362 g/mol. The van der Waals surface area contributed by atoms with Gasteiger partial charge in [-0.25, -0.2) is 4.98 Å². The fraction of sp³-hybridized carbons (Fsp3) is 0.316. The van der Waals surface area contributed by atoms with Gasteiger partial charge in [0, 0.05) is 23.3 Å².